The van der Waals surface area contributed by atoms with Crippen molar-refractivity contribution in [1.82, 2.24) is 39.9 Å². The summed E-state index contributed by atoms with van der Waals surface area (Å²) in [5, 5.41) is 5.37. The van der Waals surface area contributed by atoms with Crippen molar-refractivity contribution in [1.29, 1.82) is 0 Å². The van der Waals surface area contributed by atoms with Gasteiger partial charge in [0.15, 0.2) is 34.9 Å². The maximum atomic E-state index is 6.52. The van der Waals surface area contributed by atoms with Gasteiger partial charge in [-0.3, -0.25) is 0 Å². The van der Waals surface area contributed by atoms with Gasteiger partial charge in [-0.25, -0.2) is 39.9 Å². The van der Waals surface area contributed by atoms with Crippen LogP contribution in [0.1, 0.15) is 33.3 Å². The summed E-state index contributed by atoms with van der Waals surface area (Å²) in [4.78, 5) is 39.5. The summed E-state index contributed by atoms with van der Waals surface area (Å²) in [5.41, 5.74) is 16.6. The number of benzene rings is 11. The maximum Gasteiger partial charge on any atom is 0.494 e. The minimum Gasteiger partial charge on any atom is -0.399 e. The van der Waals surface area contributed by atoms with Crippen molar-refractivity contribution in [3.63, 3.8) is 0 Å². The Labute approximate surface area is 615 Å². The maximum absolute atomic E-state index is 6.52. The average molecular weight is 1400 g/mol. The minimum absolute atomic E-state index is 0.393. The van der Waals surface area contributed by atoms with Gasteiger partial charge in [-0.2, -0.15) is 0 Å². The van der Waals surface area contributed by atoms with Crippen LogP contribution >= 0.6 is 34.3 Å². The van der Waals surface area contributed by atoms with E-state index in [1.54, 1.807) is 22.7 Å². The van der Waals surface area contributed by atoms with Crippen LogP contribution in [0.4, 0.5) is 0 Å². The Morgan fingerprint density at radius 2 is 0.731 bits per heavy atom. The SMILES string of the molecule is CC1(C)OB(c2ccc(-c3nc(-c4ccccc4)nc(-c4cccc(C5=CC=C[C+]=C5)c4)n3)cc2)OC1(C)C.Clc1c2ccccc2nc2c1sc1ccccc12.c1ccc(-c2cccc(-c3nc(-c4ccccc4)nc(-c4ccc(-c5c6ccccc6nc6c5sc5ccccc56)cc4)n3)c2)cc1. The van der Waals surface area contributed by atoms with E-state index in [2.05, 4.69) is 185 Å². The van der Waals surface area contributed by atoms with Gasteiger partial charge in [-0.05, 0) is 92.3 Å². The van der Waals surface area contributed by atoms with Gasteiger partial charge < -0.3 is 9.31 Å². The van der Waals surface area contributed by atoms with E-state index in [4.69, 9.17) is 60.8 Å². The summed E-state index contributed by atoms with van der Waals surface area (Å²) in [6, 6.07) is 97.1. The molecule has 0 saturated carbocycles. The van der Waals surface area contributed by atoms with Gasteiger partial charge in [-0.15, -0.1) is 22.7 Å². The molecule has 0 radical (unpaired) electrons. The molecule has 6 aromatic heterocycles. The summed E-state index contributed by atoms with van der Waals surface area (Å²) < 4.78 is 17.2. The zero-order chi connectivity index (χ0) is 70.3. The third kappa shape index (κ3) is 12.9. The zero-order valence-electron chi connectivity index (χ0n) is 57.1. The van der Waals surface area contributed by atoms with E-state index in [1.807, 2.05) is 158 Å². The number of halogens is 1. The molecule has 11 aromatic carbocycles. The number of allylic oxidation sites excluding steroid dienone is 6. The second-order valence-corrected chi connectivity index (χ2v) is 28.9. The highest BCUT2D eigenvalue weighted by molar-refractivity contribution is 7.26. The third-order valence-corrected chi connectivity index (χ3v) is 22.1. The number of fused-ring (bicyclic) bond motifs is 8. The summed E-state index contributed by atoms with van der Waals surface area (Å²) in [5.74, 6) is 3.78. The lowest BCUT2D eigenvalue weighted by Crippen LogP contribution is -2.41. The molecule has 0 atom stereocenters. The van der Waals surface area contributed by atoms with Gasteiger partial charge in [0.2, 0.25) is 0 Å². The highest BCUT2D eigenvalue weighted by Crippen LogP contribution is 2.45. The topological polar surface area (TPSA) is 122 Å². The van der Waals surface area contributed by atoms with Crippen LogP contribution in [0.3, 0.4) is 0 Å². The molecule has 2 aliphatic rings. The Balaban J connectivity index is 0.000000126. The number of aromatic nitrogens is 8. The van der Waals surface area contributed by atoms with E-state index < -0.39 is 18.3 Å². The smallest absolute Gasteiger partial charge is 0.399 e. The summed E-state index contributed by atoms with van der Waals surface area (Å²) in [7, 11) is -0.421. The Kier molecular flexibility index (Phi) is 17.5. The quantitative estimate of drug-likeness (QED) is 0.0966. The third-order valence-electron chi connectivity index (χ3n) is 19.2. The van der Waals surface area contributed by atoms with E-state index in [0.29, 0.717) is 34.9 Å². The van der Waals surface area contributed by atoms with Crippen molar-refractivity contribution in [3.05, 3.63) is 326 Å². The Bertz CT molecular complexity index is 6190. The van der Waals surface area contributed by atoms with E-state index in [1.165, 1.54) is 30.4 Å². The fourth-order valence-corrected chi connectivity index (χ4v) is 15.7. The number of hydrogen-bond acceptors (Lipinski definition) is 12. The van der Waals surface area contributed by atoms with Crippen LogP contribution in [0.15, 0.2) is 309 Å². The summed E-state index contributed by atoms with van der Waals surface area (Å²) in [6.07, 6.45) is 11.1. The molecule has 1 saturated heterocycles. The highest BCUT2D eigenvalue weighted by atomic mass is 35.5. The second kappa shape index (κ2) is 27.8. The number of para-hydroxylation sites is 2. The number of nitrogens with zero attached hydrogens (tertiary/aromatic N) is 8. The van der Waals surface area contributed by atoms with E-state index in [-0.39, 0.29) is 0 Å². The van der Waals surface area contributed by atoms with Crippen molar-refractivity contribution in [2.24, 2.45) is 0 Å². The fourth-order valence-electron chi connectivity index (χ4n) is 13.0. The molecule has 0 amide bonds. The van der Waals surface area contributed by atoms with Crippen LogP contribution in [0, 0.1) is 6.08 Å². The highest BCUT2D eigenvalue weighted by Gasteiger charge is 2.51. The first-order chi connectivity index (χ1) is 50.9. The lowest BCUT2D eigenvalue weighted by molar-refractivity contribution is 0.00578. The second-order valence-electron chi connectivity index (χ2n) is 26.5. The zero-order valence-corrected chi connectivity index (χ0v) is 59.5. The molecule has 17 aromatic rings. The molecule has 0 bridgehead atoms. The van der Waals surface area contributed by atoms with Crippen LogP contribution in [0.2, 0.25) is 5.02 Å². The van der Waals surface area contributed by atoms with Crippen molar-refractivity contribution in [2.45, 2.75) is 38.9 Å². The lowest BCUT2D eigenvalue weighted by atomic mass is 9.79. The van der Waals surface area contributed by atoms with Gasteiger partial charge >= 0.3 is 7.12 Å². The molecule has 1 aliphatic heterocycles. The average Bonchev–Trinajstić information content (AvgIpc) is 1.56. The molecule has 7 heterocycles. The number of rotatable bonds is 10. The van der Waals surface area contributed by atoms with Crippen LogP contribution in [0.5, 0.6) is 0 Å². The van der Waals surface area contributed by atoms with Gasteiger partial charge in [0.05, 0.1) is 59.3 Å². The molecular weight excluding hydrogens is 1340 g/mol. The normalized spacial score (nSPS) is 13.6. The molecule has 1 aliphatic carbocycles. The van der Waals surface area contributed by atoms with E-state index in [9.17, 15) is 0 Å². The van der Waals surface area contributed by atoms with Gasteiger partial charge in [-0.1, -0.05) is 254 Å². The molecule has 0 unspecified atom stereocenters. The van der Waals surface area contributed by atoms with Crippen LogP contribution in [-0.2, 0) is 9.31 Å². The predicted octanol–water partition coefficient (Wildman–Crippen LogP) is 22.9. The van der Waals surface area contributed by atoms with Gasteiger partial charge in [0.1, 0.15) is 12.2 Å². The van der Waals surface area contributed by atoms with Crippen molar-refractivity contribution in [3.8, 4) is 90.6 Å². The molecule has 19 rings (SSSR count). The molecule has 14 heteroatoms. The number of thiophene rings is 2. The number of pyridine rings is 2. The first-order valence-corrected chi connectivity index (χ1v) is 36.4. The van der Waals surface area contributed by atoms with E-state index >= 15 is 0 Å². The molecule has 1 fully saturated rings. The van der Waals surface area contributed by atoms with Crippen LogP contribution in [-0.4, -0.2) is 58.2 Å². The predicted molar refractivity (Wildman–Crippen MR) is 432 cm³/mol. The molecular formula is C90H63BClN8O2S2+. The first kappa shape index (κ1) is 65.4. The van der Waals surface area contributed by atoms with Crippen molar-refractivity contribution in [2.75, 3.05) is 0 Å². The minimum atomic E-state index is -0.421. The molecule has 0 spiro atoms. The number of hydrogen-bond donors (Lipinski definition) is 0. The van der Waals surface area contributed by atoms with Crippen LogP contribution < -0.4 is 5.46 Å². The van der Waals surface area contributed by atoms with Gasteiger partial charge in [0.25, 0.3) is 0 Å². The Morgan fingerprint density at radius 1 is 0.346 bits per heavy atom. The first-order valence-electron chi connectivity index (χ1n) is 34.4. The Morgan fingerprint density at radius 3 is 1.26 bits per heavy atom. The standard InChI is InChI=1S/C42H26N4S.C33H29BN3O2.C15H8ClNS/c1-3-12-27(13-4-1)31-16-11-17-32(26-31)42-45-40(29-14-5-2-6-15-29)44-41(46-42)30-24-22-28(23-25-30)37-33-18-7-9-20-35(33)43-38-34-19-8-10-21-36(34)47-39(37)38;1-32(2)33(3,4)39-34(38-32)28-20-18-25(19-21-28)30-35-29(24-14-9-6-10-15-24)36-31(37-30)27-17-11-16-26(22-27)23-12-7-5-8-13-23;16-13-9-5-1-3-7-11(9)17-14-10-6-2-4-8-12(10)18-15(13)14/h1-26H;5-7,9-22H,1-4H3;1-8H/q;+1;. The van der Waals surface area contributed by atoms with E-state index in [0.717, 1.165) is 109 Å². The van der Waals surface area contributed by atoms with Crippen molar-refractivity contribution >= 4 is 115 Å². The monoisotopic (exact) mass is 1400 g/mol. The molecule has 0 N–H and O–H groups in total. The largest absolute Gasteiger partial charge is 0.494 e. The summed E-state index contributed by atoms with van der Waals surface area (Å²) in [6.45, 7) is 8.24. The fraction of sp³-hybridized carbons (Fsp3) is 0.0667. The van der Waals surface area contributed by atoms with Gasteiger partial charge in [0, 0.05) is 87.6 Å². The lowest BCUT2D eigenvalue weighted by Gasteiger charge is -2.32. The molecule has 496 valence electrons. The molecule has 10 nitrogen and oxygen atoms in total. The Hall–Kier alpha value is -11.9. The summed E-state index contributed by atoms with van der Waals surface area (Å²) >= 11 is 10.0. The molecule has 104 heavy (non-hydrogen) atoms. The van der Waals surface area contributed by atoms with Crippen molar-refractivity contribution < 1.29 is 9.31 Å². The van der Waals surface area contributed by atoms with Crippen LogP contribution in [0.25, 0.3) is 159 Å².